The van der Waals surface area contributed by atoms with E-state index in [-0.39, 0.29) is 17.6 Å². The molecule has 30 heavy (non-hydrogen) atoms. The standard InChI is InChI=1S/C22H28N4O4/c1-17(22(27)23-20-15-19(26(28)29)9-10-21(20)30-2)25-12-6-11-24(13-14-25)16-18-7-4-3-5-8-18/h3-5,7-10,15,17H,6,11-14,16H2,1-2H3,(H,23,27). The van der Waals surface area contributed by atoms with Gasteiger partial charge in [-0.05, 0) is 31.5 Å². The molecule has 2 aromatic rings. The lowest BCUT2D eigenvalue weighted by Crippen LogP contribution is -2.43. The molecular weight excluding hydrogens is 384 g/mol. The van der Waals surface area contributed by atoms with Crippen molar-refractivity contribution in [2.45, 2.75) is 25.9 Å². The Labute approximate surface area is 176 Å². The van der Waals surface area contributed by atoms with Gasteiger partial charge in [-0.3, -0.25) is 24.7 Å². The lowest BCUT2D eigenvalue weighted by molar-refractivity contribution is -0.384. The third-order valence-corrected chi connectivity index (χ3v) is 5.45. The van der Waals surface area contributed by atoms with E-state index in [4.69, 9.17) is 4.74 Å². The largest absolute Gasteiger partial charge is 0.495 e. The Morgan fingerprint density at radius 3 is 2.63 bits per heavy atom. The van der Waals surface area contributed by atoms with Crippen LogP contribution in [-0.2, 0) is 11.3 Å². The maximum absolute atomic E-state index is 12.9. The van der Waals surface area contributed by atoms with Gasteiger partial charge in [-0.15, -0.1) is 0 Å². The number of nitro benzene ring substituents is 1. The molecule has 0 spiro atoms. The fourth-order valence-corrected chi connectivity index (χ4v) is 3.69. The number of rotatable bonds is 7. The minimum atomic E-state index is -0.491. The predicted octanol–water partition coefficient (Wildman–Crippen LogP) is 3.14. The summed E-state index contributed by atoms with van der Waals surface area (Å²) in [4.78, 5) is 28.0. The molecule has 1 unspecified atom stereocenters. The number of nitro groups is 1. The summed E-state index contributed by atoms with van der Waals surface area (Å²) in [5, 5.41) is 13.9. The predicted molar refractivity (Wildman–Crippen MR) is 116 cm³/mol. The van der Waals surface area contributed by atoms with Crippen LogP contribution in [0.1, 0.15) is 18.9 Å². The fraction of sp³-hybridized carbons (Fsp3) is 0.409. The van der Waals surface area contributed by atoms with Crippen molar-refractivity contribution < 1.29 is 14.5 Å². The number of ether oxygens (including phenoxy) is 1. The molecule has 1 aliphatic rings. The molecule has 3 rings (SSSR count). The monoisotopic (exact) mass is 412 g/mol. The van der Waals surface area contributed by atoms with Crippen molar-refractivity contribution in [1.82, 2.24) is 9.80 Å². The van der Waals surface area contributed by atoms with Gasteiger partial charge >= 0.3 is 0 Å². The minimum Gasteiger partial charge on any atom is -0.495 e. The van der Waals surface area contributed by atoms with E-state index in [0.717, 1.165) is 39.1 Å². The van der Waals surface area contributed by atoms with Crippen molar-refractivity contribution in [3.05, 3.63) is 64.2 Å². The molecule has 0 bridgehead atoms. The number of hydrogen-bond acceptors (Lipinski definition) is 6. The summed E-state index contributed by atoms with van der Waals surface area (Å²) in [6.07, 6.45) is 0.977. The third-order valence-electron chi connectivity index (χ3n) is 5.45. The van der Waals surface area contributed by atoms with Gasteiger partial charge in [0.2, 0.25) is 5.91 Å². The number of hydrogen-bond donors (Lipinski definition) is 1. The molecule has 0 aliphatic carbocycles. The summed E-state index contributed by atoms with van der Waals surface area (Å²) in [6.45, 7) is 6.25. The van der Waals surface area contributed by atoms with Crippen LogP contribution >= 0.6 is 0 Å². The Kier molecular flexibility index (Phi) is 7.37. The van der Waals surface area contributed by atoms with Crippen LogP contribution in [0.25, 0.3) is 0 Å². The van der Waals surface area contributed by atoms with E-state index >= 15 is 0 Å². The van der Waals surface area contributed by atoms with Crippen molar-refractivity contribution in [1.29, 1.82) is 0 Å². The smallest absolute Gasteiger partial charge is 0.271 e. The van der Waals surface area contributed by atoms with Crippen molar-refractivity contribution >= 4 is 17.3 Å². The maximum Gasteiger partial charge on any atom is 0.271 e. The number of anilines is 1. The van der Waals surface area contributed by atoms with E-state index in [2.05, 4.69) is 27.2 Å². The molecule has 160 valence electrons. The summed E-state index contributed by atoms with van der Waals surface area (Å²) < 4.78 is 5.24. The van der Waals surface area contributed by atoms with Gasteiger partial charge < -0.3 is 10.1 Å². The molecule has 1 N–H and O–H groups in total. The minimum absolute atomic E-state index is 0.0925. The second-order valence-corrected chi connectivity index (χ2v) is 7.46. The van der Waals surface area contributed by atoms with Crippen LogP contribution < -0.4 is 10.1 Å². The Balaban J connectivity index is 1.61. The van der Waals surface area contributed by atoms with E-state index < -0.39 is 4.92 Å². The molecule has 0 radical (unpaired) electrons. The van der Waals surface area contributed by atoms with Gasteiger partial charge in [0.1, 0.15) is 5.75 Å². The number of nitrogens with zero attached hydrogens (tertiary/aromatic N) is 3. The average molecular weight is 412 g/mol. The van der Waals surface area contributed by atoms with Gasteiger partial charge in [0.05, 0.1) is 23.8 Å². The molecule has 1 amide bonds. The summed E-state index contributed by atoms with van der Waals surface area (Å²) in [6, 6.07) is 14.2. The summed E-state index contributed by atoms with van der Waals surface area (Å²) >= 11 is 0. The number of benzene rings is 2. The highest BCUT2D eigenvalue weighted by molar-refractivity contribution is 5.96. The van der Waals surface area contributed by atoms with E-state index in [9.17, 15) is 14.9 Å². The molecule has 8 nitrogen and oxygen atoms in total. The first-order chi connectivity index (χ1) is 14.5. The highest BCUT2D eigenvalue weighted by Gasteiger charge is 2.25. The van der Waals surface area contributed by atoms with Crippen molar-refractivity contribution in [2.75, 3.05) is 38.6 Å². The van der Waals surface area contributed by atoms with Gasteiger partial charge in [-0.1, -0.05) is 30.3 Å². The first-order valence-corrected chi connectivity index (χ1v) is 10.1. The number of non-ortho nitro benzene ring substituents is 1. The quantitative estimate of drug-likeness (QED) is 0.555. The molecule has 1 heterocycles. The fourth-order valence-electron chi connectivity index (χ4n) is 3.69. The molecule has 1 saturated heterocycles. The molecule has 1 fully saturated rings. The highest BCUT2D eigenvalue weighted by atomic mass is 16.6. The third kappa shape index (κ3) is 5.55. The van der Waals surface area contributed by atoms with Crippen molar-refractivity contribution in [3.8, 4) is 5.75 Å². The first kappa shape index (κ1) is 21.7. The normalized spacial score (nSPS) is 16.5. The second kappa shape index (κ2) is 10.2. The number of methoxy groups -OCH3 is 1. The first-order valence-electron chi connectivity index (χ1n) is 10.1. The Morgan fingerprint density at radius 2 is 1.93 bits per heavy atom. The van der Waals surface area contributed by atoms with E-state index in [1.54, 1.807) is 0 Å². The molecule has 8 heteroatoms. The van der Waals surface area contributed by atoms with Crippen molar-refractivity contribution in [2.24, 2.45) is 0 Å². The highest BCUT2D eigenvalue weighted by Crippen LogP contribution is 2.29. The van der Waals surface area contributed by atoms with E-state index in [1.807, 2.05) is 25.1 Å². The van der Waals surface area contributed by atoms with E-state index in [1.165, 1.54) is 30.9 Å². The van der Waals surface area contributed by atoms with Crippen LogP contribution in [0.3, 0.4) is 0 Å². The van der Waals surface area contributed by atoms with Gasteiger partial charge in [0, 0.05) is 38.3 Å². The van der Waals surface area contributed by atoms with Crippen LogP contribution in [0, 0.1) is 10.1 Å². The number of carbonyl (C=O) groups is 1. The van der Waals surface area contributed by atoms with Crippen LogP contribution in [-0.4, -0.2) is 60.0 Å². The zero-order chi connectivity index (χ0) is 21.5. The zero-order valence-corrected chi connectivity index (χ0v) is 17.4. The molecule has 1 aliphatic heterocycles. The number of carbonyl (C=O) groups excluding carboxylic acids is 1. The Morgan fingerprint density at radius 1 is 1.17 bits per heavy atom. The maximum atomic E-state index is 12.9. The number of nitrogens with one attached hydrogen (secondary N) is 1. The topological polar surface area (TPSA) is 87.9 Å². The van der Waals surface area contributed by atoms with Crippen LogP contribution in [0.4, 0.5) is 11.4 Å². The molecule has 0 aromatic heterocycles. The zero-order valence-electron chi connectivity index (χ0n) is 17.4. The summed E-state index contributed by atoms with van der Waals surface area (Å²) in [5.74, 6) is 0.191. The van der Waals surface area contributed by atoms with Crippen LogP contribution in [0.15, 0.2) is 48.5 Å². The van der Waals surface area contributed by atoms with Crippen LogP contribution in [0.2, 0.25) is 0 Å². The van der Waals surface area contributed by atoms with E-state index in [0.29, 0.717) is 11.4 Å². The molecular formula is C22H28N4O4. The number of amides is 1. The second-order valence-electron chi connectivity index (χ2n) is 7.46. The molecule has 0 saturated carbocycles. The van der Waals surface area contributed by atoms with Gasteiger partial charge in [-0.2, -0.15) is 0 Å². The summed E-state index contributed by atoms with van der Waals surface area (Å²) in [5.41, 5.74) is 1.50. The SMILES string of the molecule is COc1ccc([N+](=O)[O-])cc1NC(=O)C(C)N1CCCN(Cc2ccccc2)CC1. The molecule has 2 aromatic carbocycles. The molecule has 1 atom stereocenters. The van der Waals surface area contributed by atoms with Crippen LogP contribution in [0.5, 0.6) is 5.75 Å². The average Bonchev–Trinajstić information content (AvgIpc) is 2.99. The van der Waals surface area contributed by atoms with Gasteiger partial charge in [-0.25, -0.2) is 0 Å². The Bertz CT molecular complexity index is 875. The lowest BCUT2D eigenvalue weighted by Gasteiger charge is -2.27. The van der Waals surface area contributed by atoms with Gasteiger partial charge in [0.15, 0.2) is 0 Å². The van der Waals surface area contributed by atoms with Gasteiger partial charge in [0.25, 0.3) is 5.69 Å². The Hall–Kier alpha value is -2.97. The van der Waals surface area contributed by atoms with Crippen molar-refractivity contribution in [3.63, 3.8) is 0 Å². The summed E-state index contributed by atoms with van der Waals surface area (Å²) in [7, 11) is 1.47. The lowest BCUT2D eigenvalue weighted by atomic mass is 10.2.